The molecule has 1 fully saturated rings. The number of benzene rings is 1. The van der Waals surface area contributed by atoms with Crippen molar-refractivity contribution in [1.82, 2.24) is 20.2 Å². The molecule has 128 valence electrons. The van der Waals surface area contributed by atoms with Crippen molar-refractivity contribution in [2.24, 2.45) is 7.05 Å². The van der Waals surface area contributed by atoms with Crippen LogP contribution in [0.15, 0.2) is 36.7 Å². The zero-order valence-electron chi connectivity index (χ0n) is 13.5. The van der Waals surface area contributed by atoms with Gasteiger partial charge in [-0.05, 0) is 30.5 Å². The number of hydrogen-bond donors (Lipinski definition) is 2. The number of aromatic nitrogens is 2. The lowest BCUT2D eigenvalue weighted by Crippen LogP contribution is -2.42. The van der Waals surface area contributed by atoms with E-state index >= 15 is 0 Å². The number of imidazole rings is 1. The van der Waals surface area contributed by atoms with E-state index in [4.69, 9.17) is 4.74 Å². The molecule has 0 spiro atoms. The number of carbonyl (C=O) groups excluding carboxylic acids is 1. The topological polar surface area (TPSA) is 68.2 Å². The summed E-state index contributed by atoms with van der Waals surface area (Å²) in [5, 5.41) is 5.74. The summed E-state index contributed by atoms with van der Waals surface area (Å²) in [5.74, 6) is 0.356. The van der Waals surface area contributed by atoms with Gasteiger partial charge in [-0.2, -0.15) is 0 Å². The average Bonchev–Trinajstić information content (AvgIpc) is 3.23. The summed E-state index contributed by atoms with van der Waals surface area (Å²) in [4.78, 5) is 16.6. The van der Waals surface area contributed by atoms with Gasteiger partial charge in [0.1, 0.15) is 17.7 Å². The van der Waals surface area contributed by atoms with Crippen molar-refractivity contribution in [3.63, 3.8) is 0 Å². The molecule has 0 saturated carbocycles. The number of amides is 2. The minimum atomic E-state index is -0.463. The Kier molecular flexibility index (Phi) is 5.10. The van der Waals surface area contributed by atoms with E-state index in [1.807, 2.05) is 11.6 Å². The van der Waals surface area contributed by atoms with E-state index in [0.29, 0.717) is 12.4 Å². The lowest BCUT2D eigenvalue weighted by atomic mass is 10.1. The van der Waals surface area contributed by atoms with E-state index in [0.717, 1.165) is 25.0 Å². The zero-order chi connectivity index (χ0) is 16.9. The molecule has 0 aliphatic carbocycles. The second kappa shape index (κ2) is 7.44. The van der Waals surface area contributed by atoms with E-state index < -0.39 is 6.04 Å². The number of halogens is 1. The Hall–Kier alpha value is -2.41. The van der Waals surface area contributed by atoms with Gasteiger partial charge in [0.2, 0.25) is 0 Å². The molecule has 1 aliphatic rings. The largest absolute Gasteiger partial charge is 0.376 e. The Bertz CT molecular complexity index is 680. The van der Waals surface area contributed by atoms with Crippen LogP contribution in [0.4, 0.5) is 9.18 Å². The number of nitrogens with zero attached hydrogens (tertiary/aromatic N) is 2. The molecular weight excluding hydrogens is 311 g/mol. The average molecular weight is 332 g/mol. The molecule has 2 amide bonds. The van der Waals surface area contributed by atoms with Gasteiger partial charge in [0, 0.05) is 32.6 Å². The zero-order valence-corrected chi connectivity index (χ0v) is 13.5. The highest BCUT2D eigenvalue weighted by molar-refractivity contribution is 5.74. The monoisotopic (exact) mass is 332 g/mol. The molecule has 6 nitrogen and oxygen atoms in total. The fourth-order valence-electron chi connectivity index (χ4n) is 2.80. The van der Waals surface area contributed by atoms with Gasteiger partial charge >= 0.3 is 6.03 Å². The molecule has 2 atom stereocenters. The first-order valence-corrected chi connectivity index (χ1v) is 8.02. The summed E-state index contributed by atoms with van der Waals surface area (Å²) in [5.41, 5.74) is 0.762. The molecule has 0 unspecified atom stereocenters. The lowest BCUT2D eigenvalue weighted by Gasteiger charge is -2.20. The summed E-state index contributed by atoms with van der Waals surface area (Å²) in [6.07, 6.45) is 5.53. The standard InChI is InChI=1S/C17H21FN4O2/c1-22-9-8-19-16(22)15(12-4-6-13(18)7-5-12)21-17(23)20-11-14-3-2-10-24-14/h4-9,14-15H,2-3,10-11H2,1H3,(H2,20,21,23)/t14-,15+/m0/s1. The molecular formula is C17H21FN4O2. The van der Waals surface area contributed by atoms with Gasteiger partial charge < -0.3 is 19.9 Å². The Morgan fingerprint density at radius 1 is 1.46 bits per heavy atom. The van der Waals surface area contributed by atoms with Crippen LogP contribution in [0, 0.1) is 5.82 Å². The second-order valence-electron chi connectivity index (χ2n) is 5.87. The molecule has 2 heterocycles. The van der Waals surface area contributed by atoms with Crippen LogP contribution < -0.4 is 10.6 Å². The Balaban J connectivity index is 1.71. The number of rotatable bonds is 5. The van der Waals surface area contributed by atoms with Crippen molar-refractivity contribution in [2.75, 3.05) is 13.2 Å². The number of nitrogens with one attached hydrogen (secondary N) is 2. The van der Waals surface area contributed by atoms with Crippen molar-refractivity contribution in [1.29, 1.82) is 0 Å². The summed E-state index contributed by atoms with van der Waals surface area (Å²) >= 11 is 0. The third kappa shape index (κ3) is 3.91. The second-order valence-corrected chi connectivity index (χ2v) is 5.87. The number of urea groups is 1. The fraction of sp³-hybridized carbons (Fsp3) is 0.412. The maximum atomic E-state index is 13.2. The van der Waals surface area contributed by atoms with E-state index in [1.165, 1.54) is 12.1 Å². The van der Waals surface area contributed by atoms with Crippen LogP contribution in [0.3, 0.4) is 0 Å². The molecule has 1 aromatic heterocycles. The summed E-state index contributed by atoms with van der Waals surface area (Å²) in [6, 6.07) is 5.27. The van der Waals surface area contributed by atoms with E-state index in [1.54, 1.807) is 24.5 Å². The molecule has 2 N–H and O–H groups in total. The predicted octanol–water partition coefficient (Wildman–Crippen LogP) is 2.13. The molecule has 7 heteroatoms. The van der Waals surface area contributed by atoms with Gasteiger partial charge in [-0.15, -0.1) is 0 Å². The molecule has 2 aromatic rings. The normalized spacial score (nSPS) is 18.3. The first kappa shape index (κ1) is 16.4. The molecule has 0 radical (unpaired) electrons. The number of ether oxygens (including phenoxy) is 1. The van der Waals surface area contributed by atoms with Gasteiger partial charge in [0.25, 0.3) is 0 Å². The summed E-state index contributed by atoms with van der Waals surface area (Å²) in [7, 11) is 1.85. The summed E-state index contributed by atoms with van der Waals surface area (Å²) < 4.78 is 20.5. The van der Waals surface area contributed by atoms with Gasteiger partial charge in [0.15, 0.2) is 0 Å². The van der Waals surface area contributed by atoms with Crippen molar-refractivity contribution < 1.29 is 13.9 Å². The number of hydrogen-bond acceptors (Lipinski definition) is 3. The van der Waals surface area contributed by atoms with Crippen LogP contribution in [0.5, 0.6) is 0 Å². The van der Waals surface area contributed by atoms with E-state index in [9.17, 15) is 9.18 Å². The number of carbonyl (C=O) groups is 1. The van der Waals surface area contributed by atoms with Crippen molar-refractivity contribution in [3.8, 4) is 0 Å². The minimum Gasteiger partial charge on any atom is -0.376 e. The highest BCUT2D eigenvalue weighted by atomic mass is 19.1. The van der Waals surface area contributed by atoms with Crippen LogP contribution in [0.1, 0.15) is 30.3 Å². The minimum absolute atomic E-state index is 0.0770. The fourth-order valence-corrected chi connectivity index (χ4v) is 2.80. The third-order valence-electron chi connectivity index (χ3n) is 4.11. The van der Waals surface area contributed by atoms with Crippen molar-refractivity contribution >= 4 is 6.03 Å². The van der Waals surface area contributed by atoms with Gasteiger partial charge in [0.05, 0.1) is 6.10 Å². The molecule has 1 aliphatic heterocycles. The highest BCUT2D eigenvalue weighted by Gasteiger charge is 2.22. The molecule has 24 heavy (non-hydrogen) atoms. The van der Waals surface area contributed by atoms with Crippen LogP contribution in [0.25, 0.3) is 0 Å². The predicted molar refractivity (Wildman–Crippen MR) is 87.0 cm³/mol. The van der Waals surface area contributed by atoms with Gasteiger partial charge in [-0.1, -0.05) is 12.1 Å². The van der Waals surface area contributed by atoms with Crippen LogP contribution in [-0.2, 0) is 11.8 Å². The van der Waals surface area contributed by atoms with Gasteiger partial charge in [-0.25, -0.2) is 14.2 Å². The molecule has 1 aromatic carbocycles. The van der Waals surface area contributed by atoms with E-state index in [2.05, 4.69) is 15.6 Å². The quantitative estimate of drug-likeness (QED) is 0.881. The molecule has 3 rings (SSSR count). The maximum Gasteiger partial charge on any atom is 0.315 e. The van der Waals surface area contributed by atoms with Crippen molar-refractivity contribution in [2.45, 2.75) is 25.0 Å². The Morgan fingerprint density at radius 2 is 2.25 bits per heavy atom. The van der Waals surface area contributed by atoms with Crippen molar-refractivity contribution in [3.05, 3.63) is 53.9 Å². The van der Waals surface area contributed by atoms with Crippen LogP contribution >= 0.6 is 0 Å². The van der Waals surface area contributed by atoms with Crippen LogP contribution in [-0.4, -0.2) is 34.8 Å². The van der Waals surface area contributed by atoms with E-state index in [-0.39, 0.29) is 18.0 Å². The first-order valence-electron chi connectivity index (χ1n) is 8.02. The maximum absolute atomic E-state index is 13.2. The molecule has 0 bridgehead atoms. The Labute approximate surface area is 140 Å². The Morgan fingerprint density at radius 3 is 2.88 bits per heavy atom. The lowest BCUT2D eigenvalue weighted by molar-refractivity contribution is 0.111. The smallest absolute Gasteiger partial charge is 0.315 e. The van der Waals surface area contributed by atoms with Crippen LogP contribution in [0.2, 0.25) is 0 Å². The summed E-state index contributed by atoms with van der Waals surface area (Å²) in [6.45, 7) is 1.22. The molecule has 1 saturated heterocycles. The highest BCUT2D eigenvalue weighted by Crippen LogP contribution is 2.20. The first-order chi connectivity index (χ1) is 11.6. The SMILES string of the molecule is Cn1ccnc1[C@H](NC(=O)NC[C@@H]1CCCO1)c1ccc(F)cc1. The third-order valence-corrected chi connectivity index (χ3v) is 4.11. The van der Waals surface area contributed by atoms with Gasteiger partial charge in [-0.3, -0.25) is 0 Å². The number of aryl methyl sites for hydroxylation is 1.